The van der Waals surface area contributed by atoms with Gasteiger partial charge in [-0.25, -0.2) is 0 Å². The fourth-order valence-corrected chi connectivity index (χ4v) is 1.50. The molecule has 0 amide bonds. The van der Waals surface area contributed by atoms with Crippen LogP contribution < -0.4 is 5.32 Å². The zero-order valence-electron chi connectivity index (χ0n) is 9.83. The van der Waals surface area contributed by atoms with Crippen molar-refractivity contribution in [2.75, 3.05) is 13.7 Å². The van der Waals surface area contributed by atoms with Gasteiger partial charge < -0.3 is 4.74 Å². The van der Waals surface area contributed by atoms with E-state index in [-0.39, 0.29) is 6.54 Å². The van der Waals surface area contributed by atoms with Gasteiger partial charge in [0.05, 0.1) is 20.1 Å². The number of esters is 1. The van der Waals surface area contributed by atoms with Gasteiger partial charge in [0, 0.05) is 6.04 Å². The molecule has 1 aromatic rings. The second-order valence-corrected chi connectivity index (χ2v) is 3.74. The summed E-state index contributed by atoms with van der Waals surface area (Å²) in [6, 6.07) is 7.23. The van der Waals surface area contributed by atoms with Crippen molar-refractivity contribution in [2.24, 2.45) is 0 Å². The van der Waals surface area contributed by atoms with E-state index in [4.69, 9.17) is 0 Å². The average molecular weight is 261 g/mol. The lowest BCUT2D eigenvalue weighted by molar-refractivity contribution is -0.145. The van der Waals surface area contributed by atoms with E-state index in [2.05, 4.69) is 10.1 Å². The van der Waals surface area contributed by atoms with E-state index < -0.39 is 24.6 Å². The lowest BCUT2D eigenvalue weighted by Gasteiger charge is -2.20. The Balaban J connectivity index is 2.73. The smallest absolute Gasteiger partial charge is 0.390 e. The molecule has 18 heavy (non-hydrogen) atoms. The minimum atomic E-state index is -4.30. The number of methoxy groups -OCH3 is 1. The Morgan fingerprint density at radius 1 is 1.33 bits per heavy atom. The Morgan fingerprint density at radius 3 is 2.44 bits per heavy atom. The lowest BCUT2D eigenvalue weighted by Crippen LogP contribution is -2.31. The zero-order chi connectivity index (χ0) is 13.6. The van der Waals surface area contributed by atoms with Gasteiger partial charge >= 0.3 is 12.1 Å². The van der Waals surface area contributed by atoms with Crippen molar-refractivity contribution in [1.82, 2.24) is 5.32 Å². The quantitative estimate of drug-likeness (QED) is 0.827. The molecule has 6 heteroatoms. The first-order valence-electron chi connectivity index (χ1n) is 5.34. The monoisotopic (exact) mass is 261 g/mol. The largest absolute Gasteiger partial charge is 0.468 e. The van der Waals surface area contributed by atoms with Gasteiger partial charge in [0.1, 0.15) is 0 Å². The molecule has 100 valence electrons. The van der Waals surface area contributed by atoms with Gasteiger partial charge in [0.2, 0.25) is 0 Å². The Bertz CT molecular complexity index is 379. The number of alkyl halides is 3. The average Bonchev–Trinajstić information content (AvgIpc) is 2.33. The predicted molar refractivity (Wildman–Crippen MR) is 59.9 cm³/mol. The van der Waals surface area contributed by atoms with Crippen molar-refractivity contribution in [1.29, 1.82) is 0 Å². The molecular formula is C12H14F3NO2. The fourth-order valence-electron chi connectivity index (χ4n) is 1.50. The Hall–Kier alpha value is -1.56. The summed E-state index contributed by atoms with van der Waals surface area (Å²) in [6.45, 7) is -0.258. The number of carbonyl (C=O) groups excluding carboxylic acids is 1. The fraction of sp³-hybridized carbons (Fsp3) is 0.417. The highest BCUT2D eigenvalue weighted by Gasteiger charge is 2.32. The third-order valence-corrected chi connectivity index (χ3v) is 2.36. The van der Waals surface area contributed by atoms with Gasteiger partial charge in [0.25, 0.3) is 0 Å². The third-order valence-electron chi connectivity index (χ3n) is 2.36. The van der Waals surface area contributed by atoms with Gasteiger partial charge in [0.15, 0.2) is 0 Å². The number of ether oxygens (including phenoxy) is 1. The van der Waals surface area contributed by atoms with Crippen LogP contribution in [0.4, 0.5) is 13.2 Å². The lowest BCUT2D eigenvalue weighted by atomic mass is 10.0. The summed E-state index contributed by atoms with van der Waals surface area (Å²) in [6.07, 6.45) is -5.34. The number of rotatable bonds is 5. The number of nitrogens with one attached hydrogen (secondary N) is 1. The highest BCUT2D eigenvalue weighted by atomic mass is 19.4. The van der Waals surface area contributed by atoms with E-state index in [0.717, 1.165) is 0 Å². The molecule has 0 aliphatic heterocycles. The minimum absolute atomic E-state index is 0.258. The maximum Gasteiger partial charge on any atom is 0.390 e. The number of hydrogen-bond acceptors (Lipinski definition) is 3. The van der Waals surface area contributed by atoms with Crippen molar-refractivity contribution in [2.45, 2.75) is 18.6 Å². The first-order valence-corrected chi connectivity index (χ1v) is 5.34. The topological polar surface area (TPSA) is 38.3 Å². The van der Waals surface area contributed by atoms with Gasteiger partial charge in [-0.3, -0.25) is 10.1 Å². The molecular weight excluding hydrogens is 247 g/mol. The normalized spacial score (nSPS) is 13.1. The first kappa shape index (κ1) is 14.5. The molecule has 3 nitrogen and oxygen atoms in total. The van der Waals surface area contributed by atoms with Gasteiger partial charge in [-0.05, 0) is 5.56 Å². The molecule has 0 bridgehead atoms. The Labute approximate surface area is 103 Å². The summed E-state index contributed by atoms with van der Waals surface area (Å²) in [4.78, 5) is 10.9. The molecule has 1 N–H and O–H groups in total. The molecule has 1 atom stereocenters. The molecule has 0 saturated heterocycles. The second kappa shape index (κ2) is 6.39. The SMILES string of the molecule is COC(=O)CNC(CC(F)(F)F)c1ccccc1. The summed E-state index contributed by atoms with van der Waals surface area (Å²) in [5.41, 5.74) is 0.485. The van der Waals surface area contributed by atoms with Crippen LogP contribution in [0.3, 0.4) is 0 Å². The summed E-state index contributed by atoms with van der Waals surface area (Å²) in [5.74, 6) is -0.599. The summed E-state index contributed by atoms with van der Waals surface area (Å²) >= 11 is 0. The summed E-state index contributed by atoms with van der Waals surface area (Å²) < 4.78 is 41.7. The molecule has 0 spiro atoms. The summed E-state index contributed by atoms with van der Waals surface area (Å²) in [7, 11) is 1.19. The predicted octanol–water partition coefficient (Wildman–Crippen LogP) is 2.44. The second-order valence-electron chi connectivity index (χ2n) is 3.74. The van der Waals surface area contributed by atoms with Crippen LogP contribution in [0.15, 0.2) is 30.3 Å². The van der Waals surface area contributed by atoms with Crippen molar-refractivity contribution >= 4 is 5.97 Å². The van der Waals surface area contributed by atoms with E-state index in [1.165, 1.54) is 7.11 Å². The molecule has 0 aromatic heterocycles. The number of benzene rings is 1. The van der Waals surface area contributed by atoms with Crippen LogP contribution in [-0.4, -0.2) is 25.8 Å². The van der Waals surface area contributed by atoms with Crippen LogP contribution >= 0.6 is 0 Å². The van der Waals surface area contributed by atoms with Crippen molar-refractivity contribution in [3.63, 3.8) is 0 Å². The first-order chi connectivity index (χ1) is 8.42. The van der Waals surface area contributed by atoms with E-state index in [9.17, 15) is 18.0 Å². The minimum Gasteiger partial charge on any atom is -0.468 e. The van der Waals surface area contributed by atoms with Crippen molar-refractivity contribution in [3.05, 3.63) is 35.9 Å². The molecule has 0 aliphatic carbocycles. The number of hydrogen-bond donors (Lipinski definition) is 1. The van der Waals surface area contributed by atoms with E-state index in [1.54, 1.807) is 30.3 Å². The molecule has 1 unspecified atom stereocenters. The number of halogens is 3. The molecule has 0 saturated carbocycles. The van der Waals surface area contributed by atoms with Gasteiger partial charge in [-0.2, -0.15) is 13.2 Å². The molecule has 0 fully saturated rings. The van der Waals surface area contributed by atoms with Crippen LogP contribution in [0.25, 0.3) is 0 Å². The Morgan fingerprint density at radius 2 is 1.94 bits per heavy atom. The van der Waals surface area contributed by atoms with Crippen LogP contribution in [0, 0.1) is 0 Å². The molecule has 1 rings (SSSR count). The van der Waals surface area contributed by atoms with E-state index in [0.29, 0.717) is 5.56 Å². The van der Waals surface area contributed by atoms with Crippen LogP contribution in [0.5, 0.6) is 0 Å². The zero-order valence-corrected chi connectivity index (χ0v) is 9.83. The molecule has 0 radical (unpaired) electrons. The standard InChI is InChI=1S/C12H14F3NO2/c1-18-11(17)8-16-10(7-12(13,14)15)9-5-3-2-4-6-9/h2-6,10,16H,7-8H2,1H3. The Kier molecular flexibility index (Phi) is 5.15. The van der Waals surface area contributed by atoms with E-state index in [1.807, 2.05) is 0 Å². The molecule has 0 aliphatic rings. The van der Waals surface area contributed by atoms with Crippen LogP contribution in [-0.2, 0) is 9.53 Å². The maximum atomic E-state index is 12.4. The number of carbonyl (C=O) groups is 1. The molecule has 0 heterocycles. The highest BCUT2D eigenvalue weighted by Crippen LogP contribution is 2.29. The maximum absolute atomic E-state index is 12.4. The van der Waals surface area contributed by atoms with Crippen LogP contribution in [0.2, 0.25) is 0 Å². The summed E-state index contributed by atoms with van der Waals surface area (Å²) in [5, 5.41) is 2.55. The molecule has 1 aromatic carbocycles. The van der Waals surface area contributed by atoms with E-state index >= 15 is 0 Å². The van der Waals surface area contributed by atoms with Crippen molar-refractivity contribution < 1.29 is 22.7 Å². The van der Waals surface area contributed by atoms with Gasteiger partial charge in [-0.15, -0.1) is 0 Å². The van der Waals surface area contributed by atoms with Gasteiger partial charge in [-0.1, -0.05) is 30.3 Å². The van der Waals surface area contributed by atoms with Crippen molar-refractivity contribution in [3.8, 4) is 0 Å². The third kappa shape index (κ3) is 5.18. The van der Waals surface area contributed by atoms with Crippen LogP contribution in [0.1, 0.15) is 18.0 Å². The highest BCUT2D eigenvalue weighted by molar-refractivity contribution is 5.71.